The number of piperazine rings is 1. The number of carbonyl (C=O) groups excluding carboxylic acids is 1. The molecule has 0 bridgehead atoms. The lowest BCUT2D eigenvalue weighted by Gasteiger charge is -2.36. The third-order valence-corrected chi connectivity index (χ3v) is 7.33. The molecule has 4 nitrogen and oxygen atoms in total. The molecule has 8 heteroatoms. The molecule has 0 aliphatic carbocycles. The van der Waals surface area contributed by atoms with Crippen molar-refractivity contribution in [2.75, 3.05) is 31.1 Å². The summed E-state index contributed by atoms with van der Waals surface area (Å²) in [6, 6.07) is 14.6. The first kappa shape index (κ1) is 21.2. The first-order valence-electron chi connectivity index (χ1n) is 9.67. The Bertz CT molecular complexity index is 1020. The molecule has 0 N–H and O–H groups in total. The van der Waals surface area contributed by atoms with Crippen molar-refractivity contribution in [3.8, 4) is 0 Å². The van der Waals surface area contributed by atoms with Crippen LogP contribution < -0.4 is 4.90 Å². The fraction of sp³-hybridized carbons (Fsp3) is 0.273. The van der Waals surface area contributed by atoms with Gasteiger partial charge in [-0.15, -0.1) is 11.3 Å². The van der Waals surface area contributed by atoms with Gasteiger partial charge in [0.2, 0.25) is 5.91 Å². The number of anilines is 1. The van der Waals surface area contributed by atoms with Crippen molar-refractivity contribution in [2.24, 2.45) is 0 Å². The molecule has 2 aromatic carbocycles. The lowest BCUT2D eigenvalue weighted by Crippen LogP contribution is -2.49. The van der Waals surface area contributed by atoms with Gasteiger partial charge >= 0.3 is 0 Å². The van der Waals surface area contributed by atoms with Crippen molar-refractivity contribution in [3.05, 3.63) is 76.0 Å². The molecule has 1 fully saturated rings. The van der Waals surface area contributed by atoms with E-state index >= 15 is 0 Å². The number of aromatic nitrogens is 1. The topological polar surface area (TPSA) is 36.4 Å². The molecule has 1 aliphatic heterocycles. The van der Waals surface area contributed by atoms with Crippen molar-refractivity contribution >= 4 is 46.3 Å². The number of thiazole rings is 1. The van der Waals surface area contributed by atoms with Crippen LogP contribution in [0.4, 0.5) is 10.1 Å². The Morgan fingerprint density at radius 2 is 1.93 bits per heavy atom. The van der Waals surface area contributed by atoms with Crippen LogP contribution in [0.5, 0.6) is 0 Å². The average Bonchev–Trinajstić information content (AvgIpc) is 3.20. The van der Waals surface area contributed by atoms with Crippen molar-refractivity contribution in [1.82, 2.24) is 9.88 Å². The van der Waals surface area contributed by atoms with Gasteiger partial charge in [-0.25, -0.2) is 9.37 Å². The van der Waals surface area contributed by atoms with Gasteiger partial charge in [-0.05, 0) is 29.8 Å². The van der Waals surface area contributed by atoms with Gasteiger partial charge in [-0.2, -0.15) is 0 Å². The largest absolute Gasteiger partial charge is 0.368 e. The van der Waals surface area contributed by atoms with Crippen molar-refractivity contribution in [1.29, 1.82) is 0 Å². The maximum atomic E-state index is 13.7. The minimum Gasteiger partial charge on any atom is -0.368 e. The molecule has 30 heavy (non-hydrogen) atoms. The summed E-state index contributed by atoms with van der Waals surface area (Å²) < 4.78 is 14.6. The van der Waals surface area contributed by atoms with Crippen molar-refractivity contribution < 1.29 is 9.18 Å². The zero-order valence-corrected chi connectivity index (χ0v) is 18.7. The third-order valence-electron chi connectivity index (χ3n) is 4.98. The van der Waals surface area contributed by atoms with Crippen LogP contribution in [0.15, 0.2) is 58.3 Å². The highest BCUT2D eigenvalue weighted by Gasteiger charge is 2.22. The molecule has 1 amide bonds. The van der Waals surface area contributed by atoms with E-state index in [9.17, 15) is 9.18 Å². The standard InChI is InChI=1S/C22H21ClFN3OS2/c23-17-5-3-6-19(12-17)26-8-10-27(11-9-26)21(28)13-18-15-30-22(25-18)29-14-16-4-1-2-7-20(16)24/h1-7,12,15H,8-11,13-14H2. The molecule has 0 radical (unpaired) electrons. The van der Waals surface area contributed by atoms with E-state index in [-0.39, 0.29) is 11.7 Å². The zero-order chi connectivity index (χ0) is 20.9. The summed E-state index contributed by atoms with van der Waals surface area (Å²) in [5.74, 6) is 0.421. The molecule has 156 valence electrons. The Balaban J connectivity index is 1.27. The van der Waals surface area contributed by atoms with E-state index in [1.165, 1.54) is 29.2 Å². The maximum Gasteiger partial charge on any atom is 0.228 e. The predicted octanol–water partition coefficient (Wildman–Crippen LogP) is 5.12. The smallest absolute Gasteiger partial charge is 0.228 e. The maximum absolute atomic E-state index is 13.7. The fourth-order valence-electron chi connectivity index (χ4n) is 3.34. The van der Waals surface area contributed by atoms with Crippen LogP contribution in [0.2, 0.25) is 5.02 Å². The van der Waals surface area contributed by atoms with Gasteiger partial charge < -0.3 is 9.80 Å². The van der Waals surface area contributed by atoms with E-state index in [0.717, 1.165) is 33.8 Å². The Morgan fingerprint density at radius 1 is 1.13 bits per heavy atom. The molecule has 1 aliphatic rings. The summed E-state index contributed by atoms with van der Waals surface area (Å²) >= 11 is 9.08. The molecule has 0 atom stereocenters. The molecule has 4 rings (SSSR count). The lowest BCUT2D eigenvalue weighted by molar-refractivity contribution is -0.130. The van der Waals surface area contributed by atoms with E-state index in [1.807, 2.05) is 40.6 Å². The second-order valence-corrected chi connectivity index (χ2v) is 9.53. The van der Waals surface area contributed by atoms with Gasteiger partial charge in [-0.1, -0.05) is 47.6 Å². The molecule has 1 aromatic heterocycles. The Morgan fingerprint density at radius 3 is 2.70 bits per heavy atom. The average molecular weight is 462 g/mol. The number of rotatable bonds is 6. The van der Waals surface area contributed by atoms with E-state index in [4.69, 9.17) is 11.6 Å². The van der Waals surface area contributed by atoms with E-state index < -0.39 is 0 Å². The molecule has 3 aromatic rings. The van der Waals surface area contributed by atoms with E-state index in [0.29, 0.717) is 30.8 Å². The van der Waals surface area contributed by atoms with E-state index in [2.05, 4.69) is 9.88 Å². The summed E-state index contributed by atoms with van der Waals surface area (Å²) in [7, 11) is 0. The van der Waals surface area contributed by atoms with Crippen LogP contribution in [-0.2, 0) is 17.0 Å². The van der Waals surface area contributed by atoms with E-state index in [1.54, 1.807) is 12.1 Å². The van der Waals surface area contributed by atoms with Crippen molar-refractivity contribution in [3.63, 3.8) is 0 Å². The van der Waals surface area contributed by atoms with Crippen LogP contribution in [0.25, 0.3) is 0 Å². The SMILES string of the molecule is O=C(Cc1csc(SCc2ccccc2F)n1)N1CCN(c2cccc(Cl)c2)CC1. The third kappa shape index (κ3) is 5.33. The highest BCUT2D eigenvalue weighted by Crippen LogP contribution is 2.27. The van der Waals surface area contributed by atoms with Gasteiger partial charge in [0.15, 0.2) is 0 Å². The first-order chi connectivity index (χ1) is 14.6. The predicted molar refractivity (Wildman–Crippen MR) is 122 cm³/mol. The second kappa shape index (κ2) is 9.81. The first-order valence-corrected chi connectivity index (χ1v) is 11.9. The Kier molecular flexibility index (Phi) is 6.92. The number of benzene rings is 2. The van der Waals surface area contributed by atoms with Crippen LogP contribution in [0.1, 0.15) is 11.3 Å². The van der Waals surface area contributed by atoms with Crippen LogP contribution >= 0.6 is 34.7 Å². The Hall–Kier alpha value is -2.09. The van der Waals surface area contributed by atoms with Crippen LogP contribution in [-0.4, -0.2) is 42.0 Å². The summed E-state index contributed by atoms with van der Waals surface area (Å²) in [5.41, 5.74) is 2.52. The molecular weight excluding hydrogens is 441 g/mol. The van der Waals surface area contributed by atoms with Crippen molar-refractivity contribution in [2.45, 2.75) is 16.5 Å². The number of thioether (sulfide) groups is 1. The monoisotopic (exact) mass is 461 g/mol. The molecular formula is C22H21ClFN3OS2. The summed E-state index contributed by atoms with van der Waals surface area (Å²) in [6.45, 7) is 2.94. The second-order valence-electron chi connectivity index (χ2n) is 7.01. The quantitative estimate of drug-likeness (QED) is 0.477. The van der Waals surface area contributed by atoms with Gasteiger partial charge in [0.1, 0.15) is 10.2 Å². The lowest BCUT2D eigenvalue weighted by atomic mass is 10.2. The Labute approximate surface area is 188 Å². The summed E-state index contributed by atoms with van der Waals surface area (Å²) in [5, 5.41) is 2.64. The normalized spacial score (nSPS) is 14.2. The summed E-state index contributed by atoms with van der Waals surface area (Å²) in [6.07, 6.45) is 0.300. The van der Waals surface area contributed by atoms with Gasteiger partial charge in [0.05, 0.1) is 12.1 Å². The zero-order valence-electron chi connectivity index (χ0n) is 16.3. The molecule has 0 spiro atoms. The minimum atomic E-state index is -0.200. The number of hydrogen-bond acceptors (Lipinski definition) is 5. The van der Waals surface area contributed by atoms with Gasteiger partial charge in [0.25, 0.3) is 0 Å². The minimum absolute atomic E-state index is 0.0942. The number of hydrogen-bond donors (Lipinski definition) is 0. The number of carbonyl (C=O) groups is 1. The van der Waals surface area contributed by atoms with Crippen LogP contribution in [0.3, 0.4) is 0 Å². The summed E-state index contributed by atoms with van der Waals surface area (Å²) in [4.78, 5) is 21.4. The number of amides is 1. The number of halogens is 2. The molecule has 1 saturated heterocycles. The molecule has 2 heterocycles. The highest BCUT2D eigenvalue weighted by atomic mass is 35.5. The number of nitrogens with zero attached hydrogens (tertiary/aromatic N) is 3. The molecule has 0 saturated carbocycles. The highest BCUT2D eigenvalue weighted by molar-refractivity contribution is 8.00. The van der Waals surface area contributed by atoms with Gasteiger partial charge in [0, 0.05) is 48.0 Å². The van der Waals surface area contributed by atoms with Gasteiger partial charge in [-0.3, -0.25) is 4.79 Å². The van der Waals surface area contributed by atoms with Crippen LogP contribution in [0, 0.1) is 5.82 Å². The fourth-order valence-corrected chi connectivity index (χ4v) is 5.36. The molecule has 0 unspecified atom stereocenters.